The fourth-order valence-electron chi connectivity index (χ4n) is 1.94. The van der Waals surface area contributed by atoms with Crippen molar-refractivity contribution in [3.05, 3.63) is 48.3 Å². The molecule has 4 heteroatoms. The number of nitrogens with one attached hydrogen (secondary N) is 1. The SMILES string of the molecule is CC(C)CNCc1cccc(SCCn2cccn2)c1. The van der Waals surface area contributed by atoms with E-state index in [1.54, 1.807) is 0 Å². The van der Waals surface area contributed by atoms with E-state index in [2.05, 4.69) is 48.5 Å². The number of rotatable bonds is 8. The first-order valence-electron chi connectivity index (χ1n) is 7.14. The highest BCUT2D eigenvalue weighted by Crippen LogP contribution is 2.19. The number of aromatic nitrogens is 2. The van der Waals surface area contributed by atoms with E-state index < -0.39 is 0 Å². The van der Waals surface area contributed by atoms with Gasteiger partial charge in [0.25, 0.3) is 0 Å². The molecule has 0 aliphatic carbocycles. The van der Waals surface area contributed by atoms with E-state index in [1.807, 2.05) is 34.9 Å². The van der Waals surface area contributed by atoms with Crippen molar-refractivity contribution >= 4 is 11.8 Å². The molecule has 1 N–H and O–H groups in total. The Kier molecular flexibility index (Phi) is 6.15. The molecule has 1 aromatic heterocycles. The first-order valence-corrected chi connectivity index (χ1v) is 8.12. The lowest BCUT2D eigenvalue weighted by Gasteiger charge is -2.09. The van der Waals surface area contributed by atoms with Crippen molar-refractivity contribution < 1.29 is 0 Å². The Morgan fingerprint density at radius 1 is 1.30 bits per heavy atom. The van der Waals surface area contributed by atoms with Crippen LogP contribution in [0.4, 0.5) is 0 Å². The maximum absolute atomic E-state index is 4.22. The molecule has 3 nitrogen and oxygen atoms in total. The Balaban J connectivity index is 1.77. The molecule has 0 fully saturated rings. The van der Waals surface area contributed by atoms with Crippen LogP contribution in [-0.4, -0.2) is 22.1 Å². The quantitative estimate of drug-likeness (QED) is 0.755. The molecule has 108 valence electrons. The van der Waals surface area contributed by atoms with Crippen LogP contribution in [0.25, 0.3) is 0 Å². The van der Waals surface area contributed by atoms with Gasteiger partial charge in [-0.2, -0.15) is 5.10 Å². The molecular formula is C16H23N3S. The van der Waals surface area contributed by atoms with Crippen molar-refractivity contribution in [1.29, 1.82) is 0 Å². The summed E-state index contributed by atoms with van der Waals surface area (Å²) in [5.41, 5.74) is 1.36. The van der Waals surface area contributed by atoms with E-state index in [0.717, 1.165) is 25.4 Å². The van der Waals surface area contributed by atoms with E-state index >= 15 is 0 Å². The molecule has 0 atom stereocenters. The fourth-order valence-corrected chi connectivity index (χ4v) is 2.86. The Bertz CT molecular complexity index is 494. The molecule has 0 aliphatic rings. The van der Waals surface area contributed by atoms with Gasteiger partial charge in [-0.25, -0.2) is 0 Å². The summed E-state index contributed by atoms with van der Waals surface area (Å²) < 4.78 is 1.97. The standard InChI is InChI=1S/C16H23N3S/c1-14(2)12-17-13-15-5-3-6-16(11-15)20-10-9-19-8-4-7-18-19/h3-8,11,14,17H,9-10,12-13H2,1-2H3. The Morgan fingerprint density at radius 2 is 2.20 bits per heavy atom. The van der Waals surface area contributed by atoms with E-state index in [-0.39, 0.29) is 0 Å². The smallest absolute Gasteiger partial charge is 0.0503 e. The Labute approximate surface area is 125 Å². The van der Waals surface area contributed by atoms with Crippen LogP contribution in [0.5, 0.6) is 0 Å². The van der Waals surface area contributed by atoms with Gasteiger partial charge in [0.05, 0.1) is 6.54 Å². The largest absolute Gasteiger partial charge is 0.312 e. The normalized spacial score (nSPS) is 11.2. The molecular weight excluding hydrogens is 266 g/mol. The lowest BCUT2D eigenvalue weighted by molar-refractivity contribution is 0.552. The molecule has 0 amide bonds. The number of benzene rings is 1. The minimum Gasteiger partial charge on any atom is -0.312 e. The third-order valence-electron chi connectivity index (χ3n) is 2.93. The number of nitrogens with zero attached hydrogens (tertiary/aromatic N) is 2. The predicted octanol–water partition coefficient (Wildman–Crippen LogP) is 3.42. The summed E-state index contributed by atoms with van der Waals surface area (Å²) in [6, 6.07) is 10.7. The molecule has 0 unspecified atom stereocenters. The van der Waals surface area contributed by atoms with Gasteiger partial charge in [0.2, 0.25) is 0 Å². The minimum atomic E-state index is 0.696. The van der Waals surface area contributed by atoms with Crippen molar-refractivity contribution in [3.63, 3.8) is 0 Å². The minimum absolute atomic E-state index is 0.696. The number of hydrogen-bond acceptors (Lipinski definition) is 3. The van der Waals surface area contributed by atoms with Gasteiger partial charge in [-0.3, -0.25) is 4.68 Å². The predicted molar refractivity (Wildman–Crippen MR) is 85.9 cm³/mol. The Morgan fingerprint density at radius 3 is 2.95 bits per heavy atom. The molecule has 2 aromatic rings. The van der Waals surface area contributed by atoms with Gasteiger partial charge in [0, 0.05) is 29.6 Å². The van der Waals surface area contributed by atoms with Crippen molar-refractivity contribution in [3.8, 4) is 0 Å². The highest BCUT2D eigenvalue weighted by atomic mass is 32.2. The molecule has 20 heavy (non-hydrogen) atoms. The van der Waals surface area contributed by atoms with Gasteiger partial charge in [0.1, 0.15) is 0 Å². The number of hydrogen-bond donors (Lipinski definition) is 1. The van der Waals surface area contributed by atoms with Crippen LogP contribution < -0.4 is 5.32 Å². The van der Waals surface area contributed by atoms with E-state index in [4.69, 9.17) is 0 Å². The van der Waals surface area contributed by atoms with Gasteiger partial charge in [-0.05, 0) is 36.2 Å². The molecule has 0 spiro atoms. The van der Waals surface area contributed by atoms with Crippen LogP contribution in [0.2, 0.25) is 0 Å². The van der Waals surface area contributed by atoms with Gasteiger partial charge in [-0.1, -0.05) is 26.0 Å². The summed E-state index contributed by atoms with van der Waals surface area (Å²) >= 11 is 1.88. The lowest BCUT2D eigenvalue weighted by atomic mass is 10.2. The van der Waals surface area contributed by atoms with E-state index in [1.165, 1.54) is 10.5 Å². The molecule has 1 aromatic carbocycles. The van der Waals surface area contributed by atoms with Crippen molar-refractivity contribution in [1.82, 2.24) is 15.1 Å². The molecule has 0 aliphatic heterocycles. The maximum atomic E-state index is 4.22. The number of thioether (sulfide) groups is 1. The van der Waals surface area contributed by atoms with Gasteiger partial charge in [0.15, 0.2) is 0 Å². The third kappa shape index (κ3) is 5.39. The Hall–Kier alpha value is -1.26. The van der Waals surface area contributed by atoms with Crippen molar-refractivity contribution in [2.45, 2.75) is 31.8 Å². The van der Waals surface area contributed by atoms with Gasteiger partial charge in [-0.15, -0.1) is 11.8 Å². The molecule has 2 rings (SSSR count). The van der Waals surface area contributed by atoms with E-state index in [9.17, 15) is 0 Å². The molecule has 0 saturated heterocycles. The van der Waals surface area contributed by atoms with Crippen LogP contribution in [0.15, 0.2) is 47.6 Å². The summed E-state index contributed by atoms with van der Waals surface area (Å²) in [4.78, 5) is 1.33. The van der Waals surface area contributed by atoms with Crippen LogP contribution in [0.1, 0.15) is 19.4 Å². The topological polar surface area (TPSA) is 29.9 Å². The molecule has 0 saturated carbocycles. The zero-order valence-corrected chi connectivity index (χ0v) is 13.1. The van der Waals surface area contributed by atoms with Crippen LogP contribution in [-0.2, 0) is 13.1 Å². The van der Waals surface area contributed by atoms with Crippen LogP contribution in [0.3, 0.4) is 0 Å². The fraction of sp³-hybridized carbons (Fsp3) is 0.438. The molecule has 1 heterocycles. The summed E-state index contributed by atoms with van der Waals surface area (Å²) in [5, 5.41) is 7.70. The highest BCUT2D eigenvalue weighted by Gasteiger charge is 1.99. The zero-order valence-electron chi connectivity index (χ0n) is 12.2. The monoisotopic (exact) mass is 289 g/mol. The second-order valence-corrected chi connectivity index (χ2v) is 6.46. The van der Waals surface area contributed by atoms with Gasteiger partial charge >= 0.3 is 0 Å². The second-order valence-electron chi connectivity index (χ2n) is 5.29. The van der Waals surface area contributed by atoms with E-state index in [0.29, 0.717) is 5.92 Å². The summed E-state index contributed by atoms with van der Waals surface area (Å²) in [6.45, 7) is 7.43. The van der Waals surface area contributed by atoms with Gasteiger partial charge < -0.3 is 5.32 Å². The van der Waals surface area contributed by atoms with Crippen LogP contribution >= 0.6 is 11.8 Å². The van der Waals surface area contributed by atoms with Crippen molar-refractivity contribution in [2.24, 2.45) is 5.92 Å². The first kappa shape index (κ1) is 15.1. The molecule has 0 bridgehead atoms. The maximum Gasteiger partial charge on any atom is 0.0503 e. The first-order chi connectivity index (χ1) is 9.74. The lowest BCUT2D eigenvalue weighted by Crippen LogP contribution is -2.18. The summed E-state index contributed by atoms with van der Waals surface area (Å²) in [7, 11) is 0. The molecule has 0 radical (unpaired) electrons. The zero-order chi connectivity index (χ0) is 14.2. The average Bonchev–Trinajstić information content (AvgIpc) is 2.92. The summed E-state index contributed by atoms with van der Waals surface area (Å²) in [6.07, 6.45) is 3.83. The van der Waals surface area contributed by atoms with Crippen molar-refractivity contribution in [2.75, 3.05) is 12.3 Å². The highest BCUT2D eigenvalue weighted by molar-refractivity contribution is 7.99. The number of aryl methyl sites for hydroxylation is 1. The van der Waals surface area contributed by atoms with Crippen LogP contribution in [0, 0.1) is 5.92 Å². The third-order valence-corrected chi connectivity index (χ3v) is 3.90. The average molecular weight is 289 g/mol. The second kappa shape index (κ2) is 8.12. The summed E-state index contributed by atoms with van der Waals surface area (Å²) in [5.74, 6) is 1.74.